The van der Waals surface area contributed by atoms with Crippen molar-refractivity contribution in [3.63, 3.8) is 0 Å². The number of nitrogens with zero attached hydrogens (tertiary/aromatic N) is 2. The summed E-state index contributed by atoms with van der Waals surface area (Å²) in [7, 11) is 1.52. The molecule has 0 unspecified atom stereocenters. The first-order valence-electron chi connectivity index (χ1n) is 11.5. The number of hydrogen-bond donors (Lipinski definition) is 1. The van der Waals surface area contributed by atoms with Crippen LogP contribution in [0.2, 0.25) is 0 Å². The summed E-state index contributed by atoms with van der Waals surface area (Å²) in [4.78, 5) is 31.8. The number of pyridine rings is 1. The molecule has 4 rings (SSSR count). The Hall–Kier alpha value is -3.84. The Labute approximate surface area is 204 Å². The van der Waals surface area contributed by atoms with Crippen LogP contribution in [0.5, 0.6) is 0 Å². The Balaban J connectivity index is 1.44. The number of aromatic nitrogens is 1. The van der Waals surface area contributed by atoms with Crippen LogP contribution < -0.4 is 5.32 Å². The molecule has 0 spiro atoms. The van der Waals surface area contributed by atoms with E-state index in [1.165, 1.54) is 25.3 Å². The number of ether oxygens (including phenoxy) is 1. The van der Waals surface area contributed by atoms with Crippen molar-refractivity contribution in [1.29, 1.82) is 0 Å². The van der Waals surface area contributed by atoms with E-state index in [0.29, 0.717) is 31.6 Å². The van der Waals surface area contributed by atoms with Gasteiger partial charge in [-0.25, -0.2) is 4.39 Å². The molecule has 2 aromatic carbocycles. The Morgan fingerprint density at radius 3 is 2.74 bits per heavy atom. The lowest BCUT2D eigenvalue weighted by Gasteiger charge is -2.30. The first kappa shape index (κ1) is 24.3. The maximum atomic E-state index is 13.4. The molecule has 2 heterocycles. The Morgan fingerprint density at radius 1 is 1.20 bits per heavy atom. The zero-order valence-electron chi connectivity index (χ0n) is 19.8. The van der Waals surface area contributed by atoms with E-state index in [9.17, 15) is 14.0 Å². The lowest BCUT2D eigenvalue weighted by atomic mass is 9.94. The summed E-state index contributed by atoms with van der Waals surface area (Å²) in [6.07, 6.45) is 4.86. The topological polar surface area (TPSA) is 71.5 Å². The summed E-state index contributed by atoms with van der Waals surface area (Å²) < 4.78 is 18.8. The minimum absolute atomic E-state index is 0.138. The molecule has 0 bridgehead atoms. The molecular formula is C28H28FN3O3. The van der Waals surface area contributed by atoms with Crippen molar-refractivity contribution in [2.75, 3.05) is 13.7 Å². The van der Waals surface area contributed by atoms with Crippen molar-refractivity contribution >= 4 is 17.9 Å². The molecule has 0 fully saturated rings. The van der Waals surface area contributed by atoms with Crippen molar-refractivity contribution in [3.8, 4) is 0 Å². The number of hydrogen-bond acceptors (Lipinski definition) is 4. The van der Waals surface area contributed by atoms with Gasteiger partial charge in [-0.1, -0.05) is 42.5 Å². The largest absolute Gasteiger partial charge is 0.367 e. The fourth-order valence-electron chi connectivity index (χ4n) is 4.32. The maximum absolute atomic E-state index is 13.4. The molecule has 1 N–H and O–H groups in total. The number of benzene rings is 2. The molecular weight excluding hydrogens is 445 g/mol. The lowest BCUT2D eigenvalue weighted by molar-refractivity contribution is -0.131. The second-order valence-corrected chi connectivity index (χ2v) is 8.47. The highest BCUT2D eigenvalue weighted by atomic mass is 19.1. The molecule has 0 aliphatic carbocycles. The van der Waals surface area contributed by atoms with E-state index in [2.05, 4.69) is 10.3 Å². The first-order valence-corrected chi connectivity index (χ1v) is 11.5. The number of halogens is 1. The van der Waals surface area contributed by atoms with E-state index in [1.807, 2.05) is 37.3 Å². The molecule has 1 aromatic heterocycles. The highest BCUT2D eigenvalue weighted by Crippen LogP contribution is 2.25. The highest BCUT2D eigenvalue weighted by molar-refractivity contribution is 5.92. The molecule has 3 aromatic rings. The van der Waals surface area contributed by atoms with Crippen LogP contribution in [0.3, 0.4) is 0 Å². The Kier molecular flexibility index (Phi) is 7.67. The van der Waals surface area contributed by atoms with Gasteiger partial charge in [0, 0.05) is 44.7 Å². The van der Waals surface area contributed by atoms with E-state index in [0.717, 1.165) is 27.9 Å². The summed E-state index contributed by atoms with van der Waals surface area (Å²) in [5, 5.41) is 2.99. The molecule has 6 nitrogen and oxygen atoms in total. The normalized spacial score (nSPS) is 14.0. The van der Waals surface area contributed by atoms with Crippen LogP contribution >= 0.6 is 0 Å². The summed E-state index contributed by atoms with van der Waals surface area (Å²) in [6, 6.07) is 15.5. The number of nitrogens with one attached hydrogen (secondary N) is 1. The van der Waals surface area contributed by atoms with Gasteiger partial charge >= 0.3 is 0 Å². The number of carbonyl (C=O) groups is 2. The van der Waals surface area contributed by atoms with Gasteiger partial charge in [0.2, 0.25) is 5.91 Å². The molecule has 1 atom stereocenters. The fourth-order valence-corrected chi connectivity index (χ4v) is 4.32. The summed E-state index contributed by atoms with van der Waals surface area (Å²) in [6.45, 7) is 3.24. The smallest absolute Gasteiger partial charge is 0.254 e. The Bertz CT molecular complexity index is 1240. The van der Waals surface area contributed by atoms with Crippen LogP contribution in [0.4, 0.5) is 4.39 Å². The standard InChI is InChI=1S/C28H28FN3O3/c1-19-25(17-31-28(34)27(35-2)21-8-4-3-5-9-21)24-13-14-32(18-22(24)16-30-19)26(33)12-11-20-7-6-10-23(29)15-20/h3-12,15-16,27H,13-14,17-18H2,1-2H3,(H,31,34)/b12-11+/t27-/m1/s1. The maximum Gasteiger partial charge on any atom is 0.254 e. The molecule has 35 heavy (non-hydrogen) atoms. The zero-order chi connectivity index (χ0) is 24.8. The second-order valence-electron chi connectivity index (χ2n) is 8.47. The minimum Gasteiger partial charge on any atom is -0.367 e. The second kappa shape index (κ2) is 11.1. The van der Waals surface area contributed by atoms with Gasteiger partial charge in [-0.2, -0.15) is 0 Å². The van der Waals surface area contributed by atoms with Gasteiger partial charge in [0.15, 0.2) is 6.10 Å². The highest BCUT2D eigenvalue weighted by Gasteiger charge is 2.24. The van der Waals surface area contributed by atoms with Crippen LogP contribution in [0, 0.1) is 12.7 Å². The quantitative estimate of drug-likeness (QED) is 0.524. The van der Waals surface area contributed by atoms with Crippen LogP contribution in [-0.2, 0) is 33.8 Å². The lowest BCUT2D eigenvalue weighted by Crippen LogP contribution is -2.36. The number of aryl methyl sites for hydroxylation is 1. The zero-order valence-corrected chi connectivity index (χ0v) is 19.8. The number of fused-ring (bicyclic) bond motifs is 1. The number of amides is 2. The van der Waals surface area contributed by atoms with Crippen molar-refractivity contribution in [3.05, 3.63) is 106 Å². The minimum atomic E-state index is -0.693. The van der Waals surface area contributed by atoms with Crippen LogP contribution in [-0.4, -0.2) is 35.4 Å². The SMILES string of the molecule is CO[C@@H](C(=O)NCc1c(C)ncc2c1CCN(C(=O)/C=C/c1cccc(F)c1)C2)c1ccccc1. The van der Waals surface area contributed by atoms with Crippen LogP contribution in [0.1, 0.15) is 39.6 Å². The van der Waals surface area contributed by atoms with Gasteiger partial charge in [-0.3, -0.25) is 14.6 Å². The molecule has 1 aliphatic heterocycles. The fraction of sp³-hybridized carbons (Fsp3) is 0.250. The number of methoxy groups -OCH3 is 1. The van der Waals surface area contributed by atoms with E-state index in [4.69, 9.17) is 4.74 Å². The molecule has 180 valence electrons. The van der Waals surface area contributed by atoms with Gasteiger partial charge in [0.1, 0.15) is 5.82 Å². The van der Waals surface area contributed by atoms with Gasteiger partial charge in [0.25, 0.3) is 5.91 Å². The van der Waals surface area contributed by atoms with Crippen molar-refractivity contribution in [2.24, 2.45) is 0 Å². The number of carbonyl (C=O) groups excluding carboxylic acids is 2. The molecule has 1 aliphatic rings. The number of rotatable bonds is 7. The molecule has 0 radical (unpaired) electrons. The molecule has 0 saturated heterocycles. The van der Waals surface area contributed by atoms with E-state index >= 15 is 0 Å². The third kappa shape index (κ3) is 5.81. The average molecular weight is 474 g/mol. The summed E-state index contributed by atoms with van der Waals surface area (Å²) in [5.41, 5.74) is 5.33. The van der Waals surface area contributed by atoms with Gasteiger partial charge in [0.05, 0.1) is 0 Å². The van der Waals surface area contributed by atoms with Crippen LogP contribution in [0.15, 0.2) is 66.9 Å². The molecule has 7 heteroatoms. The van der Waals surface area contributed by atoms with Gasteiger partial charge < -0.3 is 15.0 Å². The Morgan fingerprint density at radius 2 is 2.00 bits per heavy atom. The molecule has 0 saturated carbocycles. The van der Waals surface area contributed by atoms with E-state index in [-0.39, 0.29) is 17.6 Å². The summed E-state index contributed by atoms with van der Waals surface area (Å²) in [5.74, 6) is -0.694. The van der Waals surface area contributed by atoms with Gasteiger partial charge in [-0.15, -0.1) is 0 Å². The van der Waals surface area contributed by atoms with Crippen molar-refractivity contribution < 1.29 is 18.7 Å². The monoisotopic (exact) mass is 473 g/mol. The predicted octanol–water partition coefficient (Wildman–Crippen LogP) is 4.13. The van der Waals surface area contributed by atoms with Gasteiger partial charge in [-0.05, 0) is 59.4 Å². The first-order chi connectivity index (χ1) is 17.0. The van der Waals surface area contributed by atoms with E-state index in [1.54, 1.807) is 29.3 Å². The van der Waals surface area contributed by atoms with Crippen molar-refractivity contribution in [1.82, 2.24) is 15.2 Å². The molecule has 2 amide bonds. The van der Waals surface area contributed by atoms with Crippen LogP contribution in [0.25, 0.3) is 6.08 Å². The van der Waals surface area contributed by atoms with E-state index < -0.39 is 6.10 Å². The van der Waals surface area contributed by atoms with Crippen molar-refractivity contribution in [2.45, 2.75) is 32.5 Å². The predicted molar refractivity (Wildman–Crippen MR) is 132 cm³/mol. The average Bonchev–Trinajstić information content (AvgIpc) is 2.87. The summed E-state index contributed by atoms with van der Waals surface area (Å²) >= 11 is 0. The third-order valence-corrected chi connectivity index (χ3v) is 6.19. The third-order valence-electron chi connectivity index (χ3n) is 6.19.